The summed E-state index contributed by atoms with van der Waals surface area (Å²) in [5, 5.41) is 0. The van der Waals surface area contributed by atoms with Crippen molar-refractivity contribution in [1.29, 1.82) is 0 Å². The second-order valence-electron chi connectivity index (χ2n) is 2.36. The summed E-state index contributed by atoms with van der Waals surface area (Å²) in [6.45, 7) is 0. The zero-order chi connectivity index (χ0) is 9.90. The smallest absolute Gasteiger partial charge is 0.257 e. The first-order valence-corrected chi connectivity index (χ1v) is 4.16. The van der Waals surface area contributed by atoms with Gasteiger partial charge in [-0.25, -0.2) is 4.98 Å². The van der Waals surface area contributed by atoms with E-state index in [0.717, 1.165) is 12.4 Å². The number of hydrogen-bond acceptors (Lipinski definition) is 3. The summed E-state index contributed by atoms with van der Waals surface area (Å²) in [4.78, 5) is 6.85. The molecule has 0 saturated heterocycles. The van der Waals surface area contributed by atoms with Crippen LogP contribution in [0.4, 0.5) is 13.2 Å². The molecule has 0 aromatic carbocycles. The maximum absolute atomic E-state index is 12.0. The van der Waals surface area contributed by atoms with E-state index in [1.807, 2.05) is 0 Å². The van der Waals surface area contributed by atoms with Gasteiger partial charge in [0.1, 0.15) is 0 Å². The summed E-state index contributed by atoms with van der Waals surface area (Å²) < 4.78 is 36.0. The summed E-state index contributed by atoms with van der Waals surface area (Å²) in [6.07, 6.45) is -2.03. The van der Waals surface area contributed by atoms with Gasteiger partial charge in [-0.1, -0.05) is 0 Å². The lowest BCUT2D eigenvalue weighted by Crippen LogP contribution is -2.09. The highest BCUT2D eigenvalue weighted by molar-refractivity contribution is 7.80. The zero-order valence-corrected chi connectivity index (χ0v) is 7.44. The number of rotatable bonds is 2. The molecule has 0 aliphatic heterocycles. The lowest BCUT2D eigenvalue weighted by atomic mass is 10.3. The van der Waals surface area contributed by atoms with Gasteiger partial charge in [-0.3, -0.25) is 4.98 Å². The molecule has 0 saturated carbocycles. The van der Waals surface area contributed by atoms with Crippen molar-refractivity contribution in [2.75, 3.05) is 5.75 Å². The second kappa shape index (κ2) is 3.95. The Morgan fingerprint density at radius 2 is 1.92 bits per heavy atom. The van der Waals surface area contributed by atoms with Crippen molar-refractivity contribution in [1.82, 2.24) is 9.97 Å². The topological polar surface area (TPSA) is 25.8 Å². The van der Waals surface area contributed by atoms with Gasteiger partial charge in [0.05, 0.1) is 11.9 Å². The monoisotopic (exact) mass is 208 g/mol. The summed E-state index contributed by atoms with van der Waals surface area (Å²) in [5.74, 6) is 0.542. The molecule has 0 bridgehead atoms. The van der Waals surface area contributed by atoms with E-state index >= 15 is 0 Å². The Bertz CT molecular complexity index is 270. The van der Waals surface area contributed by atoms with Gasteiger partial charge in [0, 0.05) is 12.6 Å². The van der Waals surface area contributed by atoms with Gasteiger partial charge in [0.25, 0.3) is 0 Å². The van der Waals surface area contributed by atoms with Crippen molar-refractivity contribution in [3.8, 4) is 0 Å². The Hall–Kier alpha value is -0.780. The minimum absolute atomic E-state index is 0.517. The number of hydrogen-bond donors (Lipinski definition) is 1. The number of alkyl halides is 3. The Morgan fingerprint density at radius 3 is 2.31 bits per heavy atom. The van der Waals surface area contributed by atoms with Crippen molar-refractivity contribution in [3.05, 3.63) is 23.8 Å². The minimum Gasteiger partial charge on any atom is -0.257 e. The number of aryl methyl sites for hydroxylation is 1. The van der Waals surface area contributed by atoms with Gasteiger partial charge in [-0.15, -0.1) is 0 Å². The molecular weight excluding hydrogens is 201 g/mol. The quantitative estimate of drug-likeness (QED) is 0.752. The van der Waals surface area contributed by atoms with E-state index in [-0.39, 0.29) is 0 Å². The van der Waals surface area contributed by atoms with Crippen molar-refractivity contribution < 1.29 is 13.2 Å². The van der Waals surface area contributed by atoms with Gasteiger partial charge < -0.3 is 0 Å². The van der Waals surface area contributed by atoms with E-state index in [1.165, 1.54) is 0 Å². The molecule has 6 heteroatoms. The molecule has 0 radical (unpaired) electrons. The molecule has 0 fully saturated rings. The Kier molecular flexibility index (Phi) is 3.13. The predicted molar refractivity (Wildman–Crippen MR) is 44.6 cm³/mol. The number of aromatic nitrogens is 2. The van der Waals surface area contributed by atoms with Gasteiger partial charge in [0.15, 0.2) is 5.69 Å². The summed E-state index contributed by atoms with van der Waals surface area (Å²) in [7, 11) is 0. The maximum Gasteiger partial charge on any atom is 0.434 e. The van der Waals surface area contributed by atoms with Crippen LogP contribution in [0.3, 0.4) is 0 Å². The van der Waals surface area contributed by atoms with Crippen LogP contribution in [-0.4, -0.2) is 15.7 Å². The van der Waals surface area contributed by atoms with Crippen LogP contribution in [-0.2, 0) is 12.6 Å². The van der Waals surface area contributed by atoms with Crippen LogP contribution in [0.1, 0.15) is 11.4 Å². The molecule has 1 aromatic rings. The zero-order valence-electron chi connectivity index (χ0n) is 6.54. The van der Waals surface area contributed by atoms with Crippen LogP contribution in [0.2, 0.25) is 0 Å². The fraction of sp³-hybridized carbons (Fsp3) is 0.429. The van der Waals surface area contributed by atoms with E-state index in [2.05, 4.69) is 22.6 Å². The molecule has 0 spiro atoms. The van der Waals surface area contributed by atoms with Crippen molar-refractivity contribution >= 4 is 12.6 Å². The SMILES string of the molecule is FC(F)(F)c1cnc(CCS)cn1. The molecule has 0 unspecified atom stereocenters. The van der Waals surface area contributed by atoms with E-state index in [0.29, 0.717) is 17.9 Å². The molecular formula is C7H7F3N2S. The van der Waals surface area contributed by atoms with Gasteiger partial charge >= 0.3 is 6.18 Å². The van der Waals surface area contributed by atoms with Gasteiger partial charge in [-0.2, -0.15) is 25.8 Å². The summed E-state index contributed by atoms with van der Waals surface area (Å²) >= 11 is 3.92. The maximum atomic E-state index is 12.0. The van der Waals surface area contributed by atoms with E-state index in [4.69, 9.17) is 0 Å². The molecule has 0 atom stereocenters. The first kappa shape index (κ1) is 10.3. The number of halogens is 3. The van der Waals surface area contributed by atoms with E-state index in [1.54, 1.807) is 0 Å². The van der Waals surface area contributed by atoms with Gasteiger partial charge in [0.2, 0.25) is 0 Å². The van der Waals surface area contributed by atoms with Crippen LogP contribution >= 0.6 is 12.6 Å². The van der Waals surface area contributed by atoms with Crippen LogP contribution in [0.25, 0.3) is 0 Å². The largest absolute Gasteiger partial charge is 0.434 e. The van der Waals surface area contributed by atoms with E-state index < -0.39 is 11.9 Å². The molecule has 2 nitrogen and oxygen atoms in total. The molecule has 1 heterocycles. The van der Waals surface area contributed by atoms with Crippen LogP contribution in [0.15, 0.2) is 12.4 Å². The normalized spacial score (nSPS) is 11.7. The third-order valence-corrected chi connectivity index (χ3v) is 1.59. The molecule has 0 N–H and O–H groups in total. The van der Waals surface area contributed by atoms with Gasteiger partial charge in [-0.05, 0) is 5.75 Å². The summed E-state index contributed by atoms with van der Waals surface area (Å²) in [5.41, 5.74) is -0.446. The third kappa shape index (κ3) is 2.87. The minimum atomic E-state index is -4.41. The molecule has 0 aliphatic carbocycles. The lowest BCUT2D eigenvalue weighted by Gasteiger charge is -2.04. The van der Waals surface area contributed by atoms with Crippen LogP contribution < -0.4 is 0 Å². The average Bonchev–Trinajstić information content (AvgIpc) is 2.04. The second-order valence-corrected chi connectivity index (χ2v) is 2.81. The fourth-order valence-corrected chi connectivity index (χ4v) is 0.974. The predicted octanol–water partition coefficient (Wildman–Crippen LogP) is 1.97. The van der Waals surface area contributed by atoms with E-state index in [9.17, 15) is 13.2 Å². The highest BCUT2D eigenvalue weighted by Gasteiger charge is 2.32. The molecule has 72 valence electrons. The molecule has 0 aliphatic rings. The van der Waals surface area contributed by atoms with Crippen LogP contribution in [0, 0.1) is 0 Å². The standard InChI is InChI=1S/C7H7F3N2S/c8-7(9,10)6-4-11-5(1-2-13)3-12-6/h3-4,13H,1-2H2. The lowest BCUT2D eigenvalue weighted by molar-refractivity contribution is -0.141. The third-order valence-electron chi connectivity index (χ3n) is 1.36. The molecule has 1 rings (SSSR count). The van der Waals surface area contributed by atoms with Crippen molar-refractivity contribution in [2.24, 2.45) is 0 Å². The number of nitrogens with zero attached hydrogens (tertiary/aromatic N) is 2. The Balaban J connectivity index is 2.81. The van der Waals surface area contributed by atoms with Crippen LogP contribution in [0.5, 0.6) is 0 Å². The highest BCUT2D eigenvalue weighted by atomic mass is 32.1. The Morgan fingerprint density at radius 1 is 1.23 bits per heavy atom. The molecule has 0 amide bonds. The highest BCUT2D eigenvalue weighted by Crippen LogP contribution is 2.26. The molecule has 13 heavy (non-hydrogen) atoms. The summed E-state index contributed by atoms with van der Waals surface area (Å²) in [6, 6.07) is 0. The Labute approximate surface area is 78.6 Å². The first-order chi connectivity index (χ1) is 6.04. The fourth-order valence-electron chi connectivity index (χ4n) is 0.745. The average molecular weight is 208 g/mol. The number of thiol groups is 1. The van der Waals surface area contributed by atoms with Crippen molar-refractivity contribution in [3.63, 3.8) is 0 Å². The first-order valence-electron chi connectivity index (χ1n) is 3.53. The van der Waals surface area contributed by atoms with Crippen molar-refractivity contribution in [2.45, 2.75) is 12.6 Å². The molecule has 1 aromatic heterocycles.